The first kappa shape index (κ1) is 13.7. The van der Waals surface area contributed by atoms with Crippen LogP contribution in [0.5, 0.6) is 0 Å². The van der Waals surface area contributed by atoms with Gasteiger partial charge in [0.1, 0.15) is 9.84 Å². The van der Waals surface area contributed by atoms with E-state index in [-0.39, 0.29) is 0 Å². The third kappa shape index (κ3) is 5.66. The number of hydrogen-bond donors (Lipinski definition) is 0. The minimum atomic E-state index is -2.80. The van der Waals surface area contributed by atoms with Crippen molar-refractivity contribution in [3.63, 3.8) is 0 Å². The third-order valence-electron chi connectivity index (χ3n) is 2.38. The van der Waals surface area contributed by atoms with Crippen LogP contribution in [0.4, 0.5) is 0 Å². The molecule has 1 rings (SSSR count). The van der Waals surface area contributed by atoms with E-state index >= 15 is 0 Å². The summed E-state index contributed by atoms with van der Waals surface area (Å²) in [5, 5.41) is 0. The second kappa shape index (κ2) is 6.40. The van der Waals surface area contributed by atoms with Crippen molar-refractivity contribution in [2.75, 3.05) is 12.0 Å². The van der Waals surface area contributed by atoms with Crippen molar-refractivity contribution >= 4 is 25.8 Å². The molecule has 90 valence electrons. The van der Waals surface area contributed by atoms with Crippen LogP contribution in [0.15, 0.2) is 30.3 Å². The Labute approximate surface area is 106 Å². The lowest BCUT2D eigenvalue weighted by molar-refractivity contribution is 0.595. The fourth-order valence-corrected chi connectivity index (χ4v) is 2.87. The van der Waals surface area contributed by atoms with E-state index in [1.54, 1.807) is 0 Å². The molecule has 0 heterocycles. The largest absolute Gasteiger partial charge is 0.229 e. The molecule has 16 heavy (non-hydrogen) atoms. The highest BCUT2D eigenvalue weighted by atomic mass is 79.9. The van der Waals surface area contributed by atoms with Gasteiger partial charge in [-0.1, -0.05) is 52.7 Å². The zero-order chi connectivity index (χ0) is 12.0. The van der Waals surface area contributed by atoms with E-state index in [0.717, 1.165) is 19.3 Å². The molecule has 0 spiro atoms. The molecule has 1 aromatic carbocycles. The molecule has 0 saturated carbocycles. The predicted octanol–water partition coefficient (Wildman–Crippen LogP) is 3.34. The smallest absolute Gasteiger partial charge is 0.147 e. The molecule has 1 unspecified atom stereocenters. The Bertz CT molecular complexity index is 400. The van der Waals surface area contributed by atoms with Crippen molar-refractivity contribution in [3.8, 4) is 0 Å². The normalized spacial score (nSPS) is 13.6. The van der Waals surface area contributed by atoms with Crippen LogP contribution < -0.4 is 0 Å². The standard InChI is InChI=1S/C12H17BrO2S/c1-16(14,15)10-6-5-9-12(13)11-7-3-2-4-8-11/h2-4,7-8,12H,5-6,9-10H2,1H3. The summed E-state index contributed by atoms with van der Waals surface area (Å²) in [6.07, 6.45) is 3.93. The summed E-state index contributed by atoms with van der Waals surface area (Å²) >= 11 is 3.62. The van der Waals surface area contributed by atoms with Crippen molar-refractivity contribution in [3.05, 3.63) is 35.9 Å². The Hall–Kier alpha value is -0.350. The molecule has 0 saturated heterocycles. The molecule has 4 heteroatoms. The van der Waals surface area contributed by atoms with E-state index in [2.05, 4.69) is 28.1 Å². The zero-order valence-electron chi connectivity index (χ0n) is 9.40. The van der Waals surface area contributed by atoms with Gasteiger partial charge >= 0.3 is 0 Å². The van der Waals surface area contributed by atoms with E-state index in [9.17, 15) is 8.42 Å². The molecule has 0 radical (unpaired) electrons. The monoisotopic (exact) mass is 304 g/mol. The second-order valence-electron chi connectivity index (χ2n) is 4.00. The van der Waals surface area contributed by atoms with Gasteiger partial charge in [-0.2, -0.15) is 0 Å². The minimum Gasteiger partial charge on any atom is -0.229 e. The summed E-state index contributed by atoms with van der Waals surface area (Å²) < 4.78 is 21.9. The average molecular weight is 305 g/mol. The highest BCUT2D eigenvalue weighted by molar-refractivity contribution is 9.09. The van der Waals surface area contributed by atoms with E-state index in [0.29, 0.717) is 10.6 Å². The van der Waals surface area contributed by atoms with Crippen molar-refractivity contribution in [2.45, 2.75) is 24.1 Å². The Morgan fingerprint density at radius 2 is 1.81 bits per heavy atom. The van der Waals surface area contributed by atoms with Crippen molar-refractivity contribution in [2.24, 2.45) is 0 Å². The summed E-state index contributed by atoms with van der Waals surface area (Å²) in [5.41, 5.74) is 1.25. The molecular formula is C12H17BrO2S. The molecule has 0 fully saturated rings. The Morgan fingerprint density at radius 3 is 2.38 bits per heavy atom. The van der Waals surface area contributed by atoms with Gasteiger partial charge in [0.2, 0.25) is 0 Å². The first-order valence-corrected chi connectivity index (χ1v) is 8.33. The van der Waals surface area contributed by atoms with Gasteiger partial charge in [0.25, 0.3) is 0 Å². The SMILES string of the molecule is CS(=O)(=O)CCCCC(Br)c1ccccc1. The third-order valence-corrected chi connectivity index (χ3v) is 4.40. The van der Waals surface area contributed by atoms with Crippen molar-refractivity contribution < 1.29 is 8.42 Å². The average Bonchev–Trinajstić information content (AvgIpc) is 2.24. The number of benzene rings is 1. The quantitative estimate of drug-likeness (QED) is 0.597. The number of rotatable bonds is 6. The first-order chi connectivity index (χ1) is 7.49. The summed E-state index contributed by atoms with van der Waals surface area (Å²) in [5.74, 6) is 0.293. The van der Waals surface area contributed by atoms with Gasteiger partial charge in [-0.15, -0.1) is 0 Å². The summed E-state index contributed by atoms with van der Waals surface area (Å²) in [4.78, 5) is 0.327. The van der Waals surface area contributed by atoms with Gasteiger partial charge < -0.3 is 0 Å². The van der Waals surface area contributed by atoms with E-state index < -0.39 is 9.84 Å². The second-order valence-corrected chi connectivity index (χ2v) is 7.37. The van der Waals surface area contributed by atoms with Crippen LogP contribution >= 0.6 is 15.9 Å². The molecule has 0 N–H and O–H groups in total. The van der Waals surface area contributed by atoms with Crippen molar-refractivity contribution in [1.29, 1.82) is 0 Å². The molecular weight excluding hydrogens is 288 g/mol. The molecule has 0 bridgehead atoms. The summed E-state index contributed by atoms with van der Waals surface area (Å²) in [6.45, 7) is 0. The molecule has 0 aliphatic rings. The van der Waals surface area contributed by atoms with Crippen LogP contribution in [-0.4, -0.2) is 20.4 Å². The first-order valence-electron chi connectivity index (χ1n) is 5.36. The van der Waals surface area contributed by atoms with E-state index in [1.807, 2.05) is 18.2 Å². The minimum absolute atomic E-state index is 0.293. The lowest BCUT2D eigenvalue weighted by Crippen LogP contribution is -2.03. The topological polar surface area (TPSA) is 34.1 Å². The van der Waals surface area contributed by atoms with Crippen LogP contribution in [0, 0.1) is 0 Å². The lowest BCUT2D eigenvalue weighted by atomic mass is 10.1. The maximum Gasteiger partial charge on any atom is 0.147 e. The van der Waals surface area contributed by atoms with E-state index in [1.165, 1.54) is 11.8 Å². The van der Waals surface area contributed by atoms with Crippen LogP contribution in [-0.2, 0) is 9.84 Å². The van der Waals surface area contributed by atoms with Crippen LogP contribution in [0.2, 0.25) is 0 Å². The summed E-state index contributed by atoms with van der Waals surface area (Å²) in [6, 6.07) is 10.2. The predicted molar refractivity (Wildman–Crippen MR) is 71.7 cm³/mol. The molecule has 2 nitrogen and oxygen atoms in total. The van der Waals surface area contributed by atoms with E-state index in [4.69, 9.17) is 0 Å². The van der Waals surface area contributed by atoms with Gasteiger partial charge in [-0.25, -0.2) is 8.42 Å². The number of hydrogen-bond acceptors (Lipinski definition) is 2. The Morgan fingerprint density at radius 1 is 1.19 bits per heavy atom. The van der Waals surface area contributed by atoms with Gasteiger partial charge in [0.05, 0.1) is 0 Å². The van der Waals surface area contributed by atoms with Crippen LogP contribution in [0.3, 0.4) is 0 Å². The van der Waals surface area contributed by atoms with Crippen molar-refractivity contribution in [1.82, 2.24) is 0 Å². The maximum absolute atomic E-state index is 10.9. The van der Waals surface area contributed by atoms with Gasteiger partial charge in [0.15, 0.2) is 0 Å². The highest BCUT2D eigenvalue weighted by Gasteiger charge is 2.07. The fraction of sp³-hybridized carbons (Fsp3) is 0.500. The molecule has 0 aliphatic heterocycles. The van der Waals surface area contributed by atoms with Gasteiger partial charge in [-0.05, 0) is 18.4 Å². The van der Waals surface area contributed by atoms with Crippen LogP contribution in [0.25, 0.3) is 0 Å². The lowest BCUT2D eigenvalue weighted by Gasteiger charge is -2.09. The van der Waals surface area contributed by atoms with Gasteiger partial charge in [-0.3, -0.25) is 0 Å². The fourth-order valence-electron chi connectivity index (χ4n) is 1.52. The molecule has 1 aromatic rings. The van der Waals surface area contributed by atoms with Crippen LogP contribution in [0.1, 0.15) is 29.7 Å². The molecule has 0 amide bonds. The maximum atomic E-state index is 10.9. The molecule has 0 aromatic heterocycles. The number of unbranched alkanes of at least 4 members (excludes halogenated alkanes) is 1. The highest BCUT2D eigenvalue weighted by Crippen LogP contribution is 2.27. The molecule has 1 atom stereocenters. The zero-order valence-corrected chi connectivity index (χ0v) is 11.8. The number of halogens is 1. The Kier molecular flexibility index (Phi) is 5.49. The summed E-state index contributed by atoms with van der Waals surface area (Å²) in [7, 11) is -2.80. The molecule has 0 aliphatic carbocycles. The van der Waals surface area contributed by atoms with Gasteiger partial charge in [0, 0.05) is 16.8 Å². The number of sulfone groups is 1. The Balaban J connectivity index is 2.29. The number of alkyl halides is 1.